The number of hydrogen-bond acceptors (Lipinski definition) is 4. The molecule has 4 heteroatoms. The molecule has 2 aromatic rings. The number of aryl methyl sites for hydroxylation is 2. The molecule has 0 aliphatic heterocycles. The summed E-state index contributed by atoms with van der Waals surface area (Å²) in [4.78, 5) is 4.40. The van der Waals surface area contributed by atoms with Gasteiger partial charge in [-0.05, 0) is 44.2 Å². The van der Waals surface area contributed by atoms with Crippen LogP contribution in [0.4, 0.5) is 0 Å². The second-order valence-electron chi connectivity index (χ2n) is 4.66. The number of aromatic nitrogens is 3. The molecule has 1 atom stereocenters. The highest BCUT2D eigenvalue weighted by molar-refractivity contribution is 5.25. The van der Waals surface area contributed by atoms with Crippen LogP contribution in [0.2, 0.25) is 0 Å². The summed E-state index contributed by atoms with van der Waals surface area (Å²) < 4.78 is 0. The van der Waals surface area contributed by atoms with Crippen molar-refractivity contribution in [3.63, 3.8) is 0 Å². The van der Waals surface area contributed by atoms with Crippen LogP contribution >= 0.6 is 0 Å². The van der Waals surface area contributed by atoms with E-state index >= 15 is 0 Å². The predicted octanol–water partition coefficient (Wildman–Crippen LogP) is 2.38. The Labute approximate surface area is 114 Å². The Bertz CT molecular complexity index is 525. The van der Waals surface area contributed by atoms with Crippen molar-refractivity contribution in [3.05, 3.63) is 53.1 Å². The van der Waals surface area contributed by atoms with Gasteiger partial charge in [0.05, 0.1) is 11.4 Å². The van der Waals surface area contributed by atoms with E-state index in [-0.39, 0.29) is 6.04 Å². The Morgan fingerprint density at radius 2 is 2.05 bits per heavy atom. The maximum Gasteiger partial charge on any atom is 0.0648 e. The number of hydrogen-bond donors (Lipinski definition) is 1. The van der Waals surface area contributed by atoms with E-state index in [2.05, 4.69) is 39.6 Å². The first-order valence-electron chi connectivity index (χ1n) is 6.64. The van der Waals surface area contributed by atoms with Crippen LogP contribution < -0.4 is 5.32 Å². The van der Waals surface area contributed by atoms with E-state index in [0.29, 0.717) is 0 Å². The predicted molar refractivity (Wildman–Crippen MR) is 75.9 cm³/mol. The molecule has 4 nitrogen and oxygen atoms in total. The molecule has 0 saturated heterocycles. The molecule has 0 saturated carbocycles. The fourth-order valence-corrected chi connectivity index (χ4v) is 2.19. The summed E-state index contributed by atoms with van der Waals surface area (Å²) in [6.07, 6.45) is 2.70. The minimum atomic E-state index is 0.231. The lowest BCUT2D eigenvalue weighted by Crippen LogP contribution is -2.24. The summed E-state index contributed by atoms with van der Waals surface area (Å²) in [5, 5.41) is 11.8. The van der Waals surface area contributed by atoms with Crippen LogP contribution in [0.15, 0.2) is 30.5 Å². The molecule has 0 spiro atoms. The van der Waals surface area contributed by atoms with Gasteiger partial charge in [0.25, 0.3) is 0 Å². The summed E-state index contributed by atoms with van der Waals surface area (Å²) in [5.74, 6) is 0. The maximum absolute atomic E-state index is 4.40. The van der Waals surface area contributed by atoms with Crippen LogP contribution in [0, 0.1) is 13.8 Å². The molecule has 0 radical (unpaired) electrons. The SMILES string of the molecule is CCNC(Cc1ccccn1)c1cc(C)nnc1C. The molecule has 19 heavy (non-hydrogen) atoms. The van der Waals surface area contributed by atoms with Crippen molar-refractivity contribution in [3.8, 4) is 0 Å². The first-order valence-corrected chi connectivity index (χ1v) is 6.64. The van der Waals surface area contributed by atoms with Gasteiger partial charge in [-0.2, -0.15) is 10.2 Å². The molecular weight excluding hydrogens is 236 g/mol. The first kappa shape index (κ1) is 13.6. The van der Waals surface area contributed by atoms with Crippen molar-refractivity contribution in [2.24, 2.45) is 0 Å². The van der Waals surface area contributed by atoms with Crippen LogP contribution in [-0.4, -0.2) is 21.7 Å². The van der Waals surface area contributed by atoms with Crippen LogP contribution in [0.1, 0.15) is 35.6 Å². The molecule has 0 bridgehead atoms. The van der Waals surface area contributed by atoms with E-state index in [9.17, 15) is 0 Å². The number of likely N-dealkylation sites (N-methyl/N-ethyl adjacent to an activating group) is 1. The van der Waals surface area contributed by atoms with Gasteiger partial charge in [-0.25, -0.2) is 0 Å². The second kappa shape index (κ2) is 6.38. The molecule has 1 N–H and O–H groups in total. The van der Waals surface area contributed by atoms with E-state index in [1.807, 2.05) is 32.2 Å². The lowest BCUT2D eigenvalue weighted by Gasteiger charge is -2.19. The highest BCUT2D eigenvalue weighted by Gasteiger charge is 2.15. The van der Waals surface area contributed by atoms with Gasteiger partial charge in [0.2, 0.25) is 0 Å². The molecule has 0 fully saturated rings. The standard InChI is InChI=1S/C15H20N4/c1-4-16-15(10-13-7-5-6-8-17-13)14-9-11(2)18-19-12(14)3/h5-9,15-16H,4,10H2,1-3H3. The zero-order valence-corrected chi connectivity index (χ0v) is 11.7. The fraction of sp³-hybridized carbons (Fsp3) is 0.400. The van der Waals surface area contributed by atoms with E-state index in [1.54, 1.807) is 0 Å². The highest BCUT2D eigenvalue weighted by atomic mass is 15.1. The molecule has 0 aliphatic carbocycles. The lowest BCUT2D eigenvalue weighted by molar-refractivity contribution is 0.537. The van der Waals surface area contributed by atoms with E-state index in [1.165, 1.54) is 5.56 Å². The molecule has 2 aromatic heterocycles. The van der Waals surface area contributed by atoms with Gasteiger partial charge in [-0.1, -0.05) is 13.0 Å². The van der Waals surface area contributed by atoms with Crippen LogP contribution in [-0.2, 0) is 6.42 Å². The Kier molecular flexibility index (Phi) is 4.58. The van der Waals surface area contributed by atoms with Crippen molar-refractivity contribution in [2.75, 3.05) is 6.54 Å². The van der Waals surface area contributed by atoms with Gasteiger partial charge in [0.1, 0.15) is 0 Å². The number of pyridine rings is 1. The number of nitrogens with one attached hydrogen (secondary N) is 1. The van der Waals surface area contributed by atoms with E-state index in [0.717, 1.165) is 30.0 Å². The monoisotopic (exact) mass is 256 g/mol. The van der Waals surface area contributed by atoms with E-state index < -0.39 is 0 Å². The minimum absolute atomic E-state index is 0.231. The molecular formula is C15H20N4. The van der Waals surface area contributed by atoms with Crippen molar-refractivity contribution < 1.29 is 0 Å². The summed E-state index contributed by atoms with van der Waals surface area (Å²) in [5.41, 5.74) is 4.22. The van der Waals surface area contributed by atoms with Gasteiger partial charge in [-0.15, -0.1) is 0 Å². The number of rotatable bonds is 5. The summed E-state index contributed by atoms with van der Waals surface area (Å²) in [7, 11) is 0. The molecule has 0 aliphatic rings. The molecule has 1 unspecified atom stereocenters. The molecule has 0 amide bonds. The molecule has 0 aromatic carbocycles. The highest BCUT2D eigenvalue weighted by Crippen LogP contribution is 2.20. The number of nitrogens with zero attached hydrogens (tertiary/aromatic N) is 3. The third kappa shape index (κ3) is 3.58. The Morgan fingerprint density at radius 1 is 1.21 bits per heavy atom. The second-order valence-corrected chi connectivity index (χ2v) is 4.66. The maximum atomic E-state index is 4.40. The van der Waals surface area contributed by atoms with Gasteiger partial charge in [0, 0.05) is 24.4 Å². The largest absolute Gasteiger partial charge is 0.310 e. The Hall–Kier alpha value is -1.81. The van der Waals surface area contributed by atoms with Crippen LogP contribution in [0.25, 0.3) is 0 Å². The van der Waals surface area contributed by atoms with Crippen LogP contribution in [0.5, 0.6) is 0 Å². The van der Waals surface area contributed by atoms with Crippen molar-refractivity contribution in [2.45, 2.75) is 33.2 Å². The topological polar surface area (TPSA) is 50.7 Å². The quantitative estimate of drug-likeness (QED) is 0.892. The fourth-order valence-electron chi connectivity index (χ4n) is 2.19. The van der Waals surface area contributed by atoms with Crippen molar-refractivity contribution in [1.29, 1.82) is 0 Å². The molecule has 2 heterocycles. The summed E-state index contributed by atoms with van der Waals surface area (Å²) in [6.45, 7) is 7.00. The van der Waals surface area contributed by atoms with Gasteiger partial charge < -0.3 is 5.32 Å². The summed E-state index contributed by atoms with van der Waals surface area (Å²) >= 11 is 0. The van der Waals surface area contributed by atoms with Crippen molar-refractivity contribution in [1.82, 2.24) is 20.5 Å². The Balaban J connectivity index is 2.27. The zero-order chi connectivity index (χ0) is 13.7. The molecule has 2 rings (SSSR count). The third-order valence-electron chi connectivity index (χ3n) is 3.11. The van der Waals surface area contributed by atoms with Gasteiger partial charge >= 0.3 is 0 Å². The zero-order valence-electron chi connectivity index (χ0n) is 11.7. The van der Waals surface area contributed by atoms with E-state index in [4.69, 9.17) is 0 Å². The van der Waals surface area contributed by atoms with Crippen molar-refractivity contribution >= 4 is 0 Å². The Morgan fingerprint density at radius 3 is 2.74 bits per heavy atom. The van der Waals surface area contributed by atoms with Gasteiger partial charge in [0.15, 0.2) is 0 Å². The average Bonchev–Trinajstić information content (AvgIpc) is 2.42. The first-order chi connectivity index (χ1) is 9.20. The molecule has 100 valence electrons. The lowest BCUT2D eigenvalue weighted by atomic mass is 10.00. The van der Waals surface area contributed by atoms with Gasteiger partial charge in [-0.3, -0.25) is 4.98 Å². The van der Waals surface area contributed by atoms with Crippen LogP contribution in [0.3, 0.4) is 0 Å². The minimum Gasteiger partial charge on any atom is -0.310 e. The normalized spacial score (nSPS) is 12.4. The average molecular weight is 256 g/mol. The third-order valence-corrected chi connectivity index (χ3v) is 3.11. The smallest absolute Gasteiger partial charge is 0.0648 e. The summed E-state index contributed by atoms with van der Waals surface area (Å²) in [6, 6.07) is 8.36.